The van der Waals surface area contributed by atoms with Gasteiger partial charge >= 0.3 is 5.97 Å². The van der Waals surface area contributed by atoms with Crippen LogP contribution in [0.2, 0.25) is 10.0 Å². The molecule has 1 aromatic carbocycles. The first kappa shape index (κ1) is 12.0. The van der Waals surface area contributed by atoms with Crippen LogP contribution in [0.1, 0.15) is 16.1 Å². The van der Waals surface area contributed by atoms with E-state index < -0.39 is 5.97 Å². The highest BCUT2D eigenvalue weighted by atomic mass is 35.5. The number of carbonyl (C=O) groups is 1. The molecule has 88 valence electrons. The second-order valence-electron chi connectivity index (χ2n) is 3.46. The summed E-state index contributed by atoms with van der Waals surface area (Å²) in [4.78, 5) is 10.9. The summed E-state index contributed by atoms with van der Waals surface area (Å²) >= 11 is 11.7. The Hall–Kier alpha value is -1.52. The number of aromatic nitrogens is 2. The van der Waals surface area contributed by atoms with Crippen molar-refractivity contribution in [3.63, 3.8) is 0 Å². The van der Waals surface area contributed by atoms with Gasteiger partial charge < -0.3 is 5.11 Å². The molecule has 0 atom stereocenters. The Morgan fingerprint density at radius 2 is 1.94 bits per heavy atom. The van der Waals surface area contributed by atoms with Crippen LogP contribution in [0.25, 0.3) is 0 Å². The standard InChI is InChI=1S/C11H8Cl2N2O2/c12-8-3-7(4-9(13)5-8)6-15-10(11(16)17)1-2-14-15/h1-5H,6H2,(H,16,17). The average Bonchev–Trinajstić information content (AvgIpc) is 2.63. The fourth-order valence-electron chi connectivity index (χ4n) is 1.52. The Morgan fingerprint density at radius 1 is 1.29 bits per heavy atom. The van der Waals surface area contributed by atoms with Crippen LogP contribution in [0.5, 0.6) is 0 Å². The SMILES string of the molecule is O=C(O)c1ccnn1Cc1cc(Cl)cc(Cl)c1. The van der Waals surface area contributed by atoms with Crippen molar-refractivity contribution in [1.29, 1.82) is 0 Å². The minimum absolute atomic E-state index is 0.126. The number of hydrogen-bond acceptors (Lipinski definition) is 2. The summed E-state index contributed by atoms with van der Waals surface area (Å²) in [6.07, 6.45) is 1.44. The maximum atomic E-state index is 10.9. The molecular weight excluding hydrogens is 263 g/mol. The second kappa shape index (κ2) is 4.77. The summed E-state index contributed by atoms with van der Waals surface area (Å²) in [5.41, 5.74) is 0.926. The van der Waals surface area contributed by atoms with Gasteiger partial charge in [-0.25, -0.2) is 4.79 Å². The Labute approximate surface area is 107 Å². The van der Waals surface area contributed by atoms with Gasteiger partial charge in [0.15, 0.2) is 0 Å². The number of aromatic carboxylic acids is 1. The Morgan fingerprint density at radius 3 is 2.53 bits per heavy atom. The molecular formula is C11H8Cl2N2O2. The molecule has 0 aliphatic heterocycles. The highest BCUT2D eigenvalue weighted by molar-refractivity contribution is 6.34. The minimum atomic E-state index is -1.02. The average molecular weight is 271 g/mol. The number of carboxylic acids is 1. The molecule has 0 aliphatic carbocycles. The van der Waals surface area contributed by atoms with Crippen molar-refractivity contribution in [1.82, 2.24) is 9.78 Å². The monoisotopic (exact) mass is 270 g/mol. The van der Waals surface area contributed by atoms with Gasteiger partial charge in [0.1, 0.15) is 5.69 Å². The van der Waals surface area contributed by atoms with Crippen LogP contribution in [0.3, 0.4) is 0 Å². The molecule has 1 heterocycles. The van der Waals surface area contributed by atoms with Gasteiger partial charge in [-0.3, -0.25) is 4.68 Å². The van der Waals surface area contributed by atoms with E-state index in [4.69, 9.17) is 28.3 Å². The van der Waals surface area contributed by atoms with E-state index in [0.29, 0.717) is 16.6 Å². The fourth-order valence-corrected chi connectivity index (χ4v) is 2.09. The van der Waals surface area contributed by atoms with Gasteiger partial charge in [0.25, 0.3) is 0 Å². The third kappa shape index (κ3) is 2.78. The molecule has 0 spiro atoms. The number of benzene rings is 1. The van der Waals surface area contributed by atoms with Gasteiger partial charge in [-0.05, 0) is 29.8 Å². The number of rotatable bonds is 3. The first-order valence-corrected chi connectivity index (χ1v) is 5.52. The summed E-state index contributed by atoms with van der Waals surface area (Å²) in [5, 5.41) is 13.9. The fraction of sp³-hybridized carbons (Fsp3) is 0.0909. The maximum absolute atomic E-state index is 10.9. The van der Waals surface area contributed by atoms with Crippen molar-refractivity contribution in [3.8, 4) is 0 Å². The predicted octanol–water partition coefficient (Wildman–Crippen LogP) is 2.94. The van der Waals surface area contributed by atoms with Gasteiger partial charge in [-0.2, -0.15) is 5.10 Å². The first-order valence-electron chi connectivity index (χ1n) is 4.76. The van der Waals surface area contributed by atoms with Crippen molar-refractivity contribution < 1.29 is 9.90 Å². The molecule has 4 nitrogen and oxygen atoms in total. The van der Waals surface area contributed by atoms with Crippen LogP contribution in [0, 0.1) is 0 Å². The number of hydrogen-bond donors (Lipinski definition) is 1. The van der Waals surface area contributed by atoms with E-state index in [0.717, 1.165) is 5.56 Å². The summed E-state index contributed by atoms with van der Waals surface area (Å²) in [5.74, 6) is -1.02. The molecule has 0 amide bonds. The Balaban J connectivity index is 2.31. The van der Waals surface area contributed by atoms with E-state index in [1.807, 2.05) is 0 Å². The van der Waals surface area contributed by atoms with Crippen molar-refractivity contribution in [2.45, 2.75) is 6.54 Å². The molecule has 1 N–H and O–H groups in total. The van der Waals surface area contributed by atoms with Crippen molar-refractivity contribution >= 4 is 29.2 Å². The quantitative estimate of drug-likeness (QED) is 0.933. The smallest absolute Gasteiger partial charge is 0.354 e. The molecule has 0 bridgehead atoms. The van der Waals surface area contributed by atoms with E-state index in [-0.39, 0.29) is 5.69 Å². The zero-order chi connectivity index (χ0) is 12.4. The highest BCUT2D eigenvalue weighted by Gasteiger charge is 2.10. The minimum Gasteiger partial charge on any atom is -0.477 e. The van der Waals surface area contributed by atoms with Crippen LogP contribution in [0.4, 0.5) is 0 Å². The van der Waals surface area contributed by atoms with E-state index in [9.17, 15) is 4.79 Å². The molecule has 2 aromatic rings. The lowest BCUT2D eigenvalue weighted by Crippen LogP contribution is -2.10. The molecule has 1 aromatic heterocycles. The number of halogens is 2. The zero-order valence-corrected chi connectivity index (χ0v) is 10.1. The lowest BCUT2D eigenvalue weighted by molar-refractivity contribution is 0.0684. The second-order valence-corrected chi connectivity index (χ2v) is 4.33. The topological polar surface area (TPSA) is 55.1 Å². The van der Waals surface area contributed by atoms with E-state index in [1.54, 1.807) is 18.2 Å². The molecule has 0 fully saturated rings. The molecule has 0 unspecified atom stereocenters. The van der Waals surface area contributed by atoms with Gasteiger partial charge in [0, 0.05) is 16.2 Å². The van der Waals surface area contributed by atoms with E-state index in [2.05, 4.69) is 5.10 Å². The highest BCUT2D eigenvalue weighted by Crippen LogP contribution is 2.19. The van der Waals surface area contributed by atoms with Crippen LogP contribution >= 0.6 is 23.2 Å². The van der Waals surface area contributed by atoms with Crippen molar-refractivity contribution in [2.75, 3.05) is 0 Å². The van der Waals surface area contributed by atoms with Gasteiger partial charge in [0.05, 0.1) is 6.54 Å². The largest absolute Gasteiger partial charge is 0.477 e. The lowest BCUT2D eigenvalue weighted by atomic mass is 10.2. The Bertz CT molecular complexity index is 546. The van der Waals surface area contributed by atoms with Crippen LogP contribution in [0.15, 0.2) is 30.5 Å². The third-order valence-electron chi connectivity index (χ3n) is 2.19. The van der Waals surface area contributed by atoms with E-state index in [1.165, 1.54) is 16.9 Å². The molecule has 0 aliphatic rings. The molecule has 0 radical (unpaired) electrons. The summed E-state index contributed by atoms with van der Waals surface area (Å²) in [7, 11) is 0. The van der Waals surface area contributed by atoms with Crippen LogP contribution < -0.4 is 0 Å². The predicted molar refractivity (Wildman–Crippen MR) is 64.8 cm³/mol. The summed E-state index contributed by atoms with van der Waals surface area (Å²) in [6.45, 7) is 0.314. The van der Waals surface area contributed by atoms with Gasteiger partial charge in [-0.1, -0.05) is 23.2 Å². The zero-order valence-electron chi connectivity index (χ0n) is 8.60. The van der Waals surface area contributed by atoms with Gasteiger partial charge in [-0.15, -0.1) is 0 Å². The van der Waals surface area contributed by atoms with E-state index >= 15 is 0 Å². The lowest BCUT2D eigenvalue weighted by Gasteiger charge is -2.05. The van der Waals surface area contributed by atoms with Crippen LogP contribution in [-0.2, 0) is 6.54 Å². The normalized spacial score (nSPS) is 10.5. The number of nitrogens with zero attached hydrogens (tertiary/aromatic N) is 2. The van der Waals surface area contributed by atoms with Crippen molar-refractivity contribution in [3.05, 3.63) is 51.8 Å². The number of carboxylic acid groups (broad SMARTS) is 1. The molecule has 6 heteroatoms. The maximum Gasteiger partial charge on any atom is 0.354 e. The van der Waals surface area contributed by atoms with Crippen molar-refractivity contribution in [2.24, 2.45) is 0 Å². The summed E-state index contributed by atoms with van der Waals surface area (Å²) in [6, 6.07) is 6.50. The first-order chi connectivity index (χ1) is 8.06. The Kier molecular flexibility index (Phi) is 3.36. The summed E-state index contributed by atoms with van der Waals surface area (Å²) < 4.78 is 1.38. The molecule has 0 saturated carbocycles. The third-order valence-corrected chi connectivity index (χ3v) is 2.63. The van der Waals surface area contributed by atoms with Crippen LogP contribution in [-0.4, -0.2) is 20.9 Å². The molecule has 2 rings (SSSR count). The van der Waals surface area contributed by atoms with Gasteiger partial charge in [0.2, 0.25) is 0 Å². The molecule has 0 saturated heterocycles. The molecule has 17 heavy (non-hydrogen) atoms.